The Bertz CT molecular complexity index is 56.8. The normalized spacial score (nSPS) is 3.90. The molecule has 0 aliphatic carbocycles. The van der Waals surface area contributed by atoms with E-state index in [1.807, 2.05) is 0 Å². The highest BCUT2D eigenvalue weighted by Gasteiger charge is 1.70. The smallest absolute Gasteiger partial charge is 0.118 e. The van der Waals surface area contributed by atoms with Gasteiger partial charge in [0, 0.05) is 5.54 Å². The molecule has 0 rings (SSSR count). The van der Waals surface area contributed by atoms with Gasteiger partial charge in [0.05, 0.1) is 0 Å². The van der Waals surface area contributed by atoms with Crippen LogP contribution in [0.3, 0.4) is 0 Å². The summed E-state index contributed by atoms with van der Waals surface area (Å²) in [6.07, 6.45) is 0. The fraction of sp³-hybridized carbons (Fsp3) is 0. The monoisotopic (exact) mass is 266 g/mol. The molecule has 0 aliphatic heterocycles. The molecule has 0 aromatic heterocycles. The third-order valence-electron chi connectivity index (χ3n) is 0.0825. The zero-order chi connectivity index (χ0) is 6.28. The van der Waals surface area contributed by atoms with E-state index in [-0.39, 0.29) is 41.7 Å². The van der Waals surface area contributed by atoms with E-state index in [1.54, 1.807) is 0 Å². The van der Waals surface area contributed by atoms with Crippen LogP contribution in [0.2, 0.25) is 0 Å². The molecule has 0 aliphatic rings. The summed E-state index contributed by atoms with van der Waals surface area (Å²) < 4.78 is 0.0895. The summed E-state index contributed by atoms with van der Waals surface area (Å²) in [6, 6.07) is 0. The summed E-state index contributed by atoms with van der Waals surface area (Å²) >= 11 is 14.8. The zero-order valence-corrected chi connectivity index (χ0v) is 9.57. The topological polar surface area (TPSA) is 0 Å². The first-order chi connectivity index (χ1) is 3.27. The van der Waals surface area contributed by atoms with Crippen LogP contribution in [0.4, 0.5) is 0 Å². The first-order valence-electron chi connectivity index (χ1n) is 1.38. The van der Waals surface area contributed by atoms with Crippen molar-refractivity contribution in [3.8, 4) is 0 Å². The van der Waals surface area contributed by atoms with Gasteiger partial charge in [-0.3, -0.25) is 0 Å². The minimum atomic E-state index is 0. The minimum absolute atomic E-state index is 0. The van der Waals surface area contributed by atoms with Crippen LogP contribution in [-0.2, 0) is 0 Å². The maximum Gasteiger partial charge on any atom is 0.118 e. The predicted molar refractivity (Wildman–Crippen MR) is 58.6 cm³/mol. The molecule has 10 heavy (non-hydrogen) atoms. The van der Waals surface area contributed by atoms with Crippen LogP contribution in [0, 0.1) is 0 Å². The molecule has 0 saturated heterocycles. The number of hydrogen-bond acceptors (Lipinski definition) is 0. The Balaban J connectivity index is -0.0000000154. The lowest BCUT2D eigenvalue weighted by Gasteiger charge is -1.64. The van der Waals surface area contributed by atoms with E-state index in [4.69, 9.17) is 34.8 Å². The van der Waals surface area contributed by atoms with Gasteiger partial charge in [0.25, 0.3) is 0 Å². The van der Waals surface area contributed by atoms with Gasteiger partial charge in [-0.25, -0.2) is 0 Å². The fourth-order valence-electron chi connectivity index (χ4n) is 0. The zero-order valence-electron chi connectivity index (χ0n) is 4.85. The van der Waals surface area contributed by atoms with Crippen molar-refractivity contribution in [3.05, 3.63) is 23.2 Å². The highest BCUT2D eigenvalue weighted by molar-refractivity contribution is 6.58. The molecule has 0 aromatic carbocycles. The maximum absolute atomic E-state index is 4.96. The molecule has 0 nitrogen and oxygen atoms in total. The van der Waals surface area contributed by atoms with Crippen molar-refractivity contribution in [2.75, 3.05) is 0 Å². The first kappa shape index (κ1) is 30.3. The van der Waals surface area contributed by atoms with Crippen molar-refractivity contribution in [2.24, 2.45) is 0 Å². The lowest BCUT2D eigenvalue weighted by Crippen LogP contribution is -1.33. The largest absolute Gasteiger partial charge is 0.147 e. The van der Waals surface area contributed by atoms with Crippen LogP contribution >= 0.6 is 72.0 Å². The average molecular weight is 269 g/mol. The molecule has 0 atom stereocenters. The number of hydrogen-bond donors (Lipinski definition) is 0. The van der Waals surface area contributed by atoms with Gasteiger partial charge in [0.15, 0.2) is 0 Å². The second-order valence-electron chi connectivity index (χ2n) is 0.399. The summed E-state index contributed by atoms with van der Waals surface area (Å²) in [6.45, 7) is 6.00. The second kappa shape index (κ2) is 31.9. The molecular weight excluding hydrogens is 261 g/mol. The summed E-state index contributed by atoms with van der Waals surface area (Å²) in [7, 11) is 0. The SMILES string of the molecule is C=C.Cl.Cl.Cl.ClC=C(Cl)Cl. The van der Waals surface area contributed by atoms with E-state index in [9.17, 15) is 0 Å². The standard InChI is InChI=1S/C2HCl3.C2H4.3ClH/c3-1-2(4)5;1-2;;;/h1H;1-2H2;3*1H. The molecule has 0 amide bonds. The summed E-state index contributed by atoms with van der Waals surface area (Å²) in [5.41, 5.74) is 1.09. The molecule has 0 aromatic rings. The van der Waals surface area contributed by atoms with E-state index in [0.717, 1.165) is 5.54 Å². The van der Waals surface area contributed by atoms with Gasteiger partial charge in [-0.2, -0.15) is 0 Å². The molecule has 66 valence electrons. The fourth-order valence-corrected chi connectivity index (χ4v) is 0. The Morgan fingerprint density at radius 3 is 1.10 bits per heavy atom. The van der Waals surface area contributed by atoms with Gasteiger partial charge in [-0.1, -0.05) is 34.8 Å². The van der Waals surface area contributed by atoms with Crippen molar-refractivity contribution in [2.45, 2.75) is 0 Å². The van der Waals surface area contributed by atoms with Gasteiger partial charge in [-0.05, 0) is 0 Å². The molecular formula is C4H8Cl6. The van der Waals surface area contributed by atoms with Crippen LogP contribution < -0.4 is 0 Å². The van der Waals surface area contributed by atoms with E-state index < -0.39 is 0 Å². The molecule has 0 heterocycles. The van der Waals surface area contributed by atoms with E-state index >= 15 is 0 Å². The molecule has 0 radical (unpaired) electrons. The lowest BCUT2D eigenvalue weighted by atomic mass is 11.2. The predicted octanol–water partition coefficient (Wildman–Crippen LogP) is 4.57. The summed E-state index contributed by atoms with van der Waals surface area (Å²) in [5, 5.41) is 0. The van der Waals surface area contributed by atoms with Crippen LogP contribution in [0.5, 0.6) is 0 Å². The van der Waals surface area contributed by atoms with Gasteiger partial charge in [0.2, 0.25) is 0 Å². The average Bonchev–Trinajstić information content (AvgIpc) is 1.73. The van der Waals surface area contributed by atoms with Crippen LogP contribution in [-0.4, -0.2) is 0 Å². The van der Waals surface area contributed by atoms with Crippen molar-refractivity contribution < 1.29 is 0 Å². The molecule has 0 unspecified atom stereocenters. The number of halogens is 6. The Hall–Kier alpha value is 1.22. The van der Waals surface area contributed by atoms with E-state index in [0.29, 0.717) is 0 Å². The maximum atomic E-state index is 4.96. The van der Waals surface area contributed by atoms with Crippen molar-refractivity contribution in [1.82, 2.24) is 0 Å². The Morgan fingerprint density at radius 2 is 1.10 bits per heavy atom. The Morgan fingerprint density at radius 1 is 1.00 bits per heavy atom. The third kappa shape index (κ3) is 60.1. The molecule has 0 fully saturated rings. The van der Waals surface area contributed by atoms with Crippen molar-refractivity contribution in [1.29, 1.82) is 0 Å². The number of rotatable bonds is 0. The minimum Gasteiger partial charge on any atom is -0.147 e. The molecule has 0 saturated carbocycles. The van der Waals surface area contributed by atoms with Crippen molar-refractivity contribution in [3.63, 3.8) is 0 Å². The Labute approximate surface area is 94.8 Å². The van der Waals surface area contributed by atoms with Gasteiger partial charge < -0.3 is 0 Å². The second-order valence-corrected chi connectivity index (χ2v) is 1.62. The van der Waals surface area contributed by atoms with Gasteiger partial charge in [0.1, 0.15) is 4.49 Å². The lowest BCUT2D eigenvalue weighted by molar-refractivity contribution is 2.36. The third-order valence-corrected chi connectivity index (χ3v) is 0.742. The van der Waals surface area contributed by atoms with Crippen molar-refractivity contribution >= 4 is 72.0 Å². The Kier molecular flexibility index (Phi) is 96.6. The van der Waals surface area contributed by atoms with E-state index in [2.05, 4.69) is 13.2 Å². The van der Waals surface area contributed by atoms with Crippen LogP contribution in [0.25, 0.3) is 0 Å². The highest BCUT2D eigenvalue weighted by atomic mass is 35.5. The molecule has 0 N–H and O–H groups in total. The van der Waals surface area contributed by atoms with Crippen LogP contribution in [0.1, 0.15) is 0 Å². The summed E-state index contributed by atoms with van der Waals surface area (Å²) in [5.74, 6) is 0. The van der Waals surface area contributed by atoms with E-state index in [1.165, 1.54) is 0 Å². The van der Waals surface area contributed by atoms with Gasteiger partial charge >= 0.3 is 0 Å². The first-order valence-corrected chi connectivity index (χ1v) is 2.58. The van der Waals surface area contributed by atoms with Crippen LogP contribution in [0.15, 0.2) is 23.2 Å². The molecule has 0 spiro atoms. The quantitative estimate of drug-likeness (QED) is 0.565. The highest BCUT2D eigenvalue weighted by Crippen LogP contribution is 2.05. The van der Waals surface area contributed by atoms with Gasteiger partial charge in [-0.15, -0.1) is 50.4 Å². The summed E-state index contributed by atoms with van der Waals surface area (Å²) in [4.78, 5) is 0. The molecule has 0 bridgehead atoms. The molecule has 6 heteroatoms.